The molecule has 1 heterocycles. The summed E-state index contributed by atoms with van der Waals surface area (Å²) in [5.41, 5.74) is 2.69. The topological polar surface area (TPSA) is 49.6 Å². The van der Waals surface area contributed by atoms with Crippen LogP contribution in [0.1, 0.15) is 30.9 Å². The van der Waals surface area contributed by atoms with E-state index in [-0.39, 0.29) is 29.5 Å². The van der Waals surface area contributed by atoms with E-state index in [1.807, 2.05) is 26.4 Å². The van der Waals surface area contributed by atoms with Crippen LogP contribution in [-0.2, 0) is 19.5 Å². The maximum Gasteiger partial charge on any atom is 0.250 e. The van der Waals surface area contributed by atoms with Gasteiger partial charge in [0.2, 0.25) is 5.56 Å². The van der Waals surface area contributed by atoms with Crippen LogP contribution < -0.4 is 10.9 Å². The number of nitrogens with zero attached hydrogens (tertiary/aromatic N) is 3. The molecule has 0 bridgehead atoms. The Morgan fingerprint density at radius 3 is 2.44 bits per heavy atom. The van der Waals surface area contributed by atoms with E-state index in [2.05, 4.69) is 46.4 Å². The van der Waals surface area contributed by atoms with Crippen LogP contribution in [0.15, 0.2) is 58.4 Å². The Labute approximate surface area is 179 Å². The van der Waals surface area contributed by atoms with E-state index in [9.17, 15) is 4.79 Å². The van der Waals surface area contributed by atoms with Gasteiger partial charge < -0.3 is 14.8 Å². The minimum Gasteiger partial charge on any atom is -0.356 e. The Bertz CT molecular complexity index is 755. The SMILES string of the molecule is CCc1ccc(CN(C)C(=NC)NCCCCn2ccccc2=O)cc1.I. The third kappa shape index (κ3) is 7.74. The molecule has 1 aromatic heterocycles. The molecule has 0 saturated heterocycles. The zero-order valence-electron chi connectivity index (χ0n) is 16.5. The highest BCUT2D eigenvalue weighted by atomic mass is 127. The average Bonchev–Trinajstić information content (AvgIpc) is 2.66. The van der Waals surface area contributed by atoms with E-state index in [1.165, 1.54) is 11.1 Å². The third-order valence-corrected chi connectivity index (χ3v) is 4.43. The van der Waals surface area contributed by atoms with Gasteiger partial charge in [-0.15, -0.1) is 24.0 Å². The Balaban J connectivity index is 0.00000364. The number of unbranched alkanes of at least 4 members (excludes halogenated alkanes) is 1. The van der Waals surface area contributed by atoms with Crippen molar-refractivity contribution in [2.75, 3.05) is 20.6 Å². The number of aliphatic imine (C=N–C) groups is 1. The molecule has 2 aromatic rings. The van der Waals surface area contributed by atoms with Gasteiger partial charge in [-0.25, -0.2) is 0 Å². The first kappa shape index (κ1) is 23.2. The number of guanidine groups is 1. The lowest BCUT2D eigenvalue weighted by Gasteiger charge is -2.22. The van der Waals surface area contributed by atoms with Crippen molar-refractivity contribution in [1.82, 2.24) is 14.8 Å². The number of pyridine rings is 1. The van der Waals surface area contributed by atoms with Crippen molar-refractivity contribution in [3.05, 3.63) is 70.1 Å². The number of nitrogens with one attached hydrogen (secondary N) is 1. The van der Waals surface area contributed by atoms with Gasteiger partial charge in [0.25, 0.3) is 0 Å². The molecule has 5 nitrogen and oxygen atoms in total. The maximum atomic E-state index is 11.7. The van der Waals surface area contributed by atoms with Gasteiger partial charge in [0, 0.05) is 46.0 Å². The second-order valence-corrected chi connectivity index (χ2v) is 6.44. The number of hydrogen-bond donors (Lipinski definition) is 1. The van der Waals surface area contributed by atoms with Crippen LogP contribution in [-0.4, -0.2) is 36.1 Å². The highest BCUT2D eigenvalue weighted by Crippen LogP contribution is 2.07. The van der Waals surface area contributed by atoms with E-state index in [1.54, 1.807) is 16.7 Å². The molecule has 0 saturated carbocycles. The van der Waals surface area contributed by atoms with Gasteiger partial charge in [-0.1, -0.05) is 37.3 Å². The molecule has 1 aromatic carbocycles. The summed E-state index contributed by atoms with van der Waals surface area (Å²) < 4.78 is 1.75. The normalized spacial score (nSPS) is 11.0. The predicted octanol–water partition coefficient (Wildman–Crippen LogP) is 3.52. The zero-order valence-corrected chi connectivity index (χ0v) is 18.8. The Hall–Kier alpha value is -1.83. The summed E-state index contributed by atoms with van der Waals surface area (Å²) in [5.74, 6) is 0.890. The van der Waals surface area contributed by atoms with Gasteiger partial charge in [0.15, 0.2) is 5.96 Å². The zero-order chi connectivity index (χ0) is 18.8. The predicted molar refractivity (Wildman–Crippen MR) is 124 cm³/mol. The summed E-state index contributed by atoms with van der Waals surface area (Å²) in [7, 11) is 3.86. The molecule has 148 valence electrons. The van der Waals surface area contributed by atoms with Gasteiger partial charge >= 0.3 is 0 Å². The van der Waals surface area contributed by atoms with Crippen molar-refractivity contribution in [2.45, 2.75) is 39.3 Å². The average molecular weight is 482 g/mol. The molecular weight excluding hydrogens is 451 g/mol. The number of hydrogen-bond acceptors (Lipinski definition) is 2. The summed E-state index contributed by atoms with van der Waals surface area (Å²) in [5, 5.41) is 3.40. The number of benzene rings is 1. The molecule has 0 amide bonds. The van der Waals surface area contributed by atoms with Gasteiger partial charge in [-0.2, -0.15) is 0 Å². The van der Waals surface area contributed by atoms with E-state index >= 15 is 0 Å². The fraction of sp³-hybridized carbons (Fsp3) is 0.429. The number of aryl methyl sites for hydroxylation is 2. The summed E-state index contributed by atoms with van der Waals surface area (Å²) in [6.45, 7) is 4.58. The van der Waals surface area contributed by atoms with Crippen molar-refractivity contribution < 1.29 is 0 Å². The van der Waals surface area contributed by atoms with Crippen molar-refractivity contribution in [3.63, 3.8) is 0 Å². The van der Waals surface area contributed by atoms with Crippen LogP contribution in [0, 0.1) is 0 Å². The molecule has 0 spiro atoms. The Morgan fingerprint density at radius 1 is 1.11 bits per heavy atom. The van der Waals surface area contributed by atoms with Crippen molar-refractivity contribution in [2.24, 2.45) is 4.99 Å². The molecule has 2 rings (SSSR count). The van der Waals surface area contributed by atoms with Crippen molar-refractivity contribution >= 4 is 29.9 Å². The molecule has 0 aliphatic rings. The second-order valence-electron chi connectivity index (χ2n) is 6.44. The van der Waals surface area contributed by atoms with Gasteiger partial charge in [-0.3, -0.25) is 9.79 Å². The molecule has 0 atom stereocenters. The minimum atomic E-state index is 0. The van der Waals surface area contributed by atoms with Crippen LogP contribution in [0.2, 0.25) is 0 Å². The van der Waals surface area contributed by atoms with Gasteiger partial charge in [0.05, 0.1) is 0 Å². The van der Waals surface area contributed by atoms with E-state index in [4.69, 9.17) is 0 Å². The van der Waals surface area contributed by atoms with E-state index in [0.717, 1.165) is 44.9 Å². The highest BCUT2D eigenvalue weighted by molar-refractivity contribution is 14.0. The summed E-state index contributed by atoms with van der Waals surface area (Å²) >= 11 is 0. The molecular formula is C21H31IN4O. The highest BCUT2D eigenvalue weighted by Gasteiger charge is 2.06. The van der Waals surface area contributed by atoms with Crippen LogP contribution >= 0.6 is 24.0 Å². The molecule has 0 aliphatic heterocycles. The largest absolute Gasteiger partial charge is 0.356 e. The second kappa shape index (κ2) is 12.5. The van der Waals surface area contributed by atoms with Crippen molar-refractivity contribution in [3.8, 4) is 0 Å². The number of halogens is 1. The van der Waals surface area contributed by atoms with Gasteiger partial charge in [0.1, 0.15) is 0 Å². The first-order valence-electron chi connectivity index (χ1n) is 9.29. The van der Waals surface area contributed by atoms with Crippen LogP contribution in [0.4, 0.5) is 0 Å². The first-order valence-corrected chi connectivity index (χ1v) is 9.29. The maximum absolute atomic E-state index is 11.7. The summed E-state index contributed by atoms with van der Waals surface area (Å²) in [6.07, 6.45) is 4.84. The van der Waals surface area contributed by atoms with Crippen molar-refractivity contribution in [1.29, 1.82) is 0 Å². The van der Waals surface area contributed by atoms with E-state index < -0.39 is 0 Å². The lowest BCUT2D eigenvalue weighted by Crippen LogP contribution is -2.38. The molecule has 0 aliphatic carbocycles. The number of aromatic nitrogens is 1. The summed E-state index contributed by atoms with van der Waals surface area (Å²) in [6, 6.07) is 14.0. The monoisotopic (exact) mass is 482 g/mol. The molecule has 0 unspecified atom stereocenters. The molecule has 1 N–H and O–H groups in total. The lowest BCUT2D eigenvalue weighted by molar-refractivity contribution is 0.473. The Kier molecular flexibility index (Phi) is 10.8. The molecule has 0 fully saturated rings. The van der Waals surface area contributed by atoms with Gasteiger partial charge in [-0.05, 0) is 36.5 Å². The third-order valence-electron chi connectivity index (χ3n) is 4.43. The molecule has 6 heteroatoms. The Morgan fingerprint density at radius 2 is 1.81 bits per heavy atom. The van der Waals surface area contributed by atoms with Crippen LogP contribution in [0.3, 0.4) is 0 Å². The minimum absolute atomic E-state index is 0. The standard InChI is InChI=1S/C21H30N4O.HI/c1-4-18-10-12-19(13-11-18)17-24(3)21(22-2)23-14-6-8-16-25-15-7-5-9-20(25)26;/h5,7,9-13,15H,4,6,8,14,16-17H2,1-3H3,(H,22,23);1H. The molecule has 27 heavy (non-hydrogen) atoms. The van der Waals surface area contributed by atoms with E-state index in [0.29, 0.717) is 0 Å². The lowest BCUT2D eigenvalue weighted by atomic mass is 10.1. The quantitative estimate of drug-likeness (QED) is 0.271. The molecule has 0 radical (unpaired) electrons. The smallest absolute Gasteiger partial charge is 0.250 e. The fourth-order valence-corrected chi connectivity index (χ4v) is 2.87. The fourth-order valence-electron chi connectivity index (χ4n) is 2.87. The van der Waals surface area contributed by atoms with Crippen LogP contribution in [0.5, 0.6) is 0 Å². The first-order chi connectivity index (χ1) is 12.6. The summed E-state index contributed by atoms with van der Waals surface area (Å²) in [4.78, 5) is 18.2. The number of rotatable bonds is 8. The van der Waals surface area contributed by atoms with Crippen LogP contribution in [0.25, 0.3) is 0 Å².